The largest absolute Gasteiger partial charge is 0.366 e. The third kappa shape index (κ3) is 2.03. The first-order valence-electron chi connectivity index (χ1n) is 6.55. The zero-order chi connectivity index (χ0) is 13.6. The zero-order valence-electron chi connectivity index (χ0n) is 11.2. The Kier molecular flexibility index (Phi) is 3.02. The van der Waals surface area contributed by atoms with Crippen LogP contribution in [0.3, 0.4) is 0 Å². The fraction of sp³-hybridized carbons (Fsp3) is 0.400. The third-order valence-electron chi connectivity index (χ3n) is 4.41. The first-order chi connectivity index (χ1) is 9.00. The molecule has 1 saturated carbocycles. The lowest BCUT2D eigenvalue weighted by Crippen LogP contribution is -2.61. The number of halogens is 1. The molecule has 19 heavy (non-hydrogen) atoms. The van der Waals surface area contributed by atoms with Gasteiger partial charge in [0.15, 0.2) is 0 Å². The lowest BCUT2D eigenvalue weighted by molar-refractivity contribution is 0.117. The molecule has 0 saturated heterocycles. The first kappa shape index (κ1) is 12.9. The molecule has 1 heterocycles. The highest BCUT2D eigenvalue weighted by atomic mass is 79.9. The molecule has 2 atom stereocenters. The second-order valence-corrected chi connectivity index (χ2v) is 6.71. The number of hydrogen-bond donors (Lipinski definition) is 2. The summed E-state index contributed by atoms with van der Waals surface area (Å²) in [6, 6.07) is 8.88. The predicted octanol–water partition coefficient (Wildman–Crippen LogP) is 3.54. The summed E-state index contributed by atoms with van der Waals surface area (Å²) in [6.45, 7) is 4.42. The van der Waals surface area contributed by atoms with Crippen LogP contribution in [0.2, 0.25) is 0 Å². The van der Waals surface area contributed by atoms with E-state index in [2.05, 4.69) is 52.2 Å². The molecule has 3 rings (SSSR count). The summed E-state index contributed by atoms with van der Waals surface area (Å²) in [5, 5.41) is 5.89. The highest BCUT2D eigenvalue weighted by Gasteiger charge is 2.46. The molecule has 1 aromatic carbocycles. The van der Waals surface area contributed by atoms with Gasteiger partial charge >= 0.3 is 0 Å². The van der Waals surface area contributed by atoms with Crippen LogP contribution in [-0.4, -0.2) is 17.1 Å². The smallest absolute Gasteiger partial charge is 0.134 e. The lowest BCUT2D eigenvalue weighted by atomic mass is 9.63. The van der Waals surface area contributed by atoms with Crippen LogP contribution in [0.1, 0.15) is 20.3 Å². The van der Waals surface area contributed by atoms with E-state index >= 15 is 0 Å². The van der Waals surface area contributed by atoms with Crippen molar-refractivity contribution in [3.63, 3.8) is 0 Å². The van der Waals surface area contributed by atoms with Crippen LogP contribution in [0.4, 0.5) is 5.82 Å². The van der Waals surface area contributed by atoms with Crippen LogP contribution in [0.15, 0.2) is 34.9 Å². The molecule has 0 spiro atoms. The van der Waals surface area contributed by atoms with Gasteiger partial charge in [-0.1, -0.05) is 41.9 Å². The molecular formula is C15H18BrN3. The average molecular weight is 320 g/mol. The third-order valence-corrected chi connectivity index (χ3v) is 5.10. The molecule has 1 fully saturated rings. The topological polar surface area (TPSA) is 50.9 Å². The monoisotopic (exact) mass is 319 g/mol. The molecule has 0 amide bonds. The van der Waals surface area contributed by atoms with Gasteiger partial charge in [0.25, 0.3) is 0 Å². The minimum absolute atomic E-state index is 0.121. The minimum Gasteiger partial charge on any atom is -0.366 e. The van der Waals surface area contributed by atoms with Crippen molar-refractivity contribution in [2.45, 2.75) is 32.4 Å². The Balaban J connectivity index is 1.96. The van der Waals surface area contributed by atoms with E-state index in [-0.39, 0.29) is 11.5 Å². The number of aromatic nitrogens is 1. The fourth-order valence-electron chi connectivity index (χ4n) is 2.65. The summed E-state index contributed by atoms with van der Waals surface area (Å²) in [6.07, 6.45) is 2.85. The standard InChI is InChI=1S/C15H18BrN3/c1-15(2)12(17)8-13(15)19-14-10-4-3-5-11(16)9(10)6-7-18-14/h3-7,12-13H,8,17H2,1-2H3,(H,18,19). The van der Waals surface area contributed by atoms with Crippen molar-refractivity contribution in [3.8, 4) is 0 Å². The van der Waals surface area contributed by atoms with E-state index in [1.807, 2.05) is 18.3 Å². The number of nitrogens with two attached hydrogens (primary N) is 1. The molecule has 0 aliphatic heterocycles. The second-order valence-electron chi connectivity index (χ2n) is 5.86. The van der Waals surface area contributed by atoms with E-state index in [0.29, 0.717) is 6.04 Å². The van der Waals surface area contributed by atoms with Crippen molar-refractivity contribution in [2.75, 3.05) is 5.32 Å². The lowest BCUT2D eigenvalue weighted by Gasteiger charge is -2.50. The van der Waals surface area contributed by atoms with Crippen molar-refractivity contribution in [1.82, 2.24) is 4.98 Å². The molecule has 1 aliphatic rings. The Hall–Kier alpha value is -1.13. The molecule has 1 aliphatic carbocycles. The van der Waals surface area contributed by atoms with E-state index in [0.717, 1.165) is 22.1 Å². The van der Waals surface area contributed by atoms with Crippen molar-refractivity contribution in [1.29, 1.82) is 0 Å². The average Bonchev–Trinajstić information content (AvgIpc) is 2.39. The van der Waals surface area contributed by atoms with E-state index in [4.69, 9.17) is 5.73 Å². The Morgan fingerprint density at radius 1 is 1.32 bits per heavy atom. The van der Waals surface area contributed by atoms with Gasteiger partial charge in [-0.15, -0.1) is 0 Å². The maximum absolute atomic E-state index is 6.07. The van der Waals surface area contributed by atoms with Crippen LogP contribution < -0.4 is 11.1 Å². The quantitative estimate of drug-likeness (QED) is 0.890. The normalized spacial score (nSPS) is 25.1. The summed E-state index contributed by atoms with van der Waals surface area (Å²) < 4.78 is 1.10. The molecule has 0 bridgehead atoms. The summed E-state index contributed by atoms with van der Waals surface area (Å²) in [5.74, 6) is 0.948. The SMILES string of the molecule is CC1(C)C(N)CC1Nc1nccc2c(Br)cccc12. The molecule has 2 aromatic rings. The number of fused-ring (bicyclic) bond motifs is 1. The number of hydrogen-bond acceptors (Lipinski definition) is 3. The number of pyridine rings is 1. The summed E-state index contributed by atoms with van der Waals surface area (Å²) in [4.78, 5) is 4.49. The number of nitrogens with one attached hydrogen (secondary N) is 1. The van der Waals surface area contributed by atoms with E-state index in [9.17, 15) is 0 Å². The molecule has 3 N–H and O–H groups in total. The van der Waals surface area contributed by atoms with Crippen LogP contribution in [0.25, 0.3) is 10.8 Å². The Morgan fingerprint density at radius 3 is 2.79 bits per heavy atom. The number of rotatable bonds is 2. The van der Waals surface area contributed by atoms with Gasteiger partial charge in [0, 0.05) is 38.9 Å². The number of anilines is 1. The molecular weight excluding hydrogens is 302 g/mol. The van der Waals surface area contributed by atoms with Crippen LogP contribution in [-0.2, 0) is 0 Å². The van der Waals surface area contributed by atoms with Crippen LogP contribution >= 0.6 is 15.9 Å². The maximum Gasteiger partial charge on any atom is 0.134 e. The van der Waals surface area contributed by atoms with Crippen LogP contribution in [0.5, 0.6) is 0 Å². The molecule has 3 nitrogen and oxygen atoms in total. The van der Waals surface area contributed by atoms with Crippen molar-refractivity contribution in [2.24, 2.45) is 11.1 Å². The summed E-state index contributed by atoms with van der Waals surface area (Å²) in [7, 11) is 0. The predicted molar refractivity (Wildman–Crippen MR) is 83.2 cm³/mol. The first-order valence-corrected chi connectivity index (χ1v) is 7.35. The van der Waals surface area contributed by atoms with Gasteiger partial charge in [-0.2, -0.15) is 0 Å². The van der Waals surface area contributed by atoms with Gasteiger partial charge in [0.1, 0.15) is 5.82 Å². The Bertz CT molecular complexity index is 624. The Morgan fingerprint density at radius 2 is 2.11 bits per heavy atom. The minimum atomic E-state index is 0.121. The molecule has 0 radical (unpaired) electrons. The van der Waals surface area contributed by atoms with Gasteiger partial charge in [0.2, 0.25) is 0 Å². The summed E-state index contributed by atoms with van der Waals surface area (Å²) >= 11 is 3.58. The van der Waals surface area contributed by atoms with Crippen molar-refractivity contribution >= 4 is 32.5 Å². The highest BCUT2D eigenvalue weighted by molar-refractivity contribution is 9.10. The van der Waals surface area contributed by atoms with Gasteiger partial charge in [-0.3, -0.25) is 0 Å². The molecule has 100 valence electrons. The summed E-state index contributed by atoms with van der Waals surface area (Å²) in [5.41, 5.74) is 6.19. The number of benzene rings is 1. The maximum atomic E-state index is 6.07. The number of nitrogens with zero attached hydrogens (tertiary/aromatic N) is 1. The second kappa shape index (κ2) is 4.46. The van der Waals surface area contributed by atoms with Gasteiger partial charge in [-0.05, 0) is 18.6 Å². The van der Waals surface area contributed by atoms with Crippen LogP contribution in [0, 0.1) is 5.41 Å². The molecule has 4 heteroatoms. The highest BCUT2D eigenvalue weighted by Crippen LogP contribution is 2.41. The van der Waals surface area contributed by atoms with Gasteiger partial charge in [0.05, 0.1) is 0 Å². The van der Waals surface area contributed by atoms with Crippen molar-refractivity contribution in [3.05, 3.63) is 34.9 Å². The Labute approximate surface area is 121 Å². The van der Waals surface area contributed by atoms with E-state index in [1.54, 1.807) is 0 Å². The van der Waals surface area contributed by atoms with Gasteiger partial charge < -0.3 is 11.1 Å². The zero-order valence-corrected chi connectivity index (χ0v) is 12.7. The molecule has 2 unspecified atom stereocenters. The van der Waals surface area contributed by atoms with Crippen molar-refractivity contribution < 1.29 is 0 Å². The fourth-order valence-corrected chi connectivity index (χ4v) is 3.15. The van der Waals surface area contributed by atoms with E-state index < -0.39 is 0 Å². The van der Waals surface area contributed by atoms with E-state index in [1.165, 1.54) is 5.39 Å². The molecule has 1 aromatic heterocycles. The van der Waals surface area contributed by atoms with Gasteiger partial charge in [-0.25, -0.2) is 4.98 Å².